The lowest BCUT2D eigenvalue weighted by atomic mass is 10.3. The molecule has 0 radical (unpaired) electrons. The van der Waals surface area contributed by atoms with Crippen molar-refractivity contribution in [1.82, 2.24) is 15.0 Å². The molecular formula is C16H12Cl2FN5. The smallest absolute Gasteiger partial charge is 0.234 e. The second kappa shape index (κ2) is 6.98. The average molecular weight is 364 g/mol. The maximum atomic E-state index is 13.2. The molecule has 0 atom stereocenters. The number of aromatic nitrogens is 3. The summed E-state index contributed by atoms with van der Waals surface area (Å²) < 4.78 is 13.2. The normalized spacial score (nSPS) is 10.5. The number of nitrogens with one attached hydrogen (secondary N) is 1. The van der Waals surface area contributed by atoms with Gasteiger partial charge in [0, 0.05) is 23.4 Å². The van der Waals surface area contributed by atoms with Crippen LogP contribution in [-0.4, -0.2) is 22.0 Å². The van der Waals surface area contributed by atoms with E-state index in [1.807, 2.05) is 19.2 Å². The van der Waals surface area contributed by atoms with Crippen molar-refractivity contribution in [3.05, 3.63) is 64.7 Å². The maximum Gasteiger partial charge on any atom is 0.234 e. The fourth-order valence-corrected chi connectivity index (χ4v) is 2.38. The minimum Gasteiger partial charge on any atom is -0.324 e. The van der Waals surface area contributed by atoms with Crippen LogP contribution in [0.2, 0.25) is 10.0 Å². The Labute approximate surface area is 148 Å². The number of hydrogen-bond acceptors (Lipinski definition) is 5. The van der Waals surface area contributed by atoms with Crippen LogP contribution in [0.4, 0.5) is 27.7 Å². The largest absolute Gasteiger partial charge is 0.324 e. The Morgan fingerprint density at radius 2 is 1.92 bits per heavy atom. The predicted molar refractivity (Wildman–Crippen MR) is 94.0 cm³/mol. The Hall–Kier alpha value is -2.44. The van der Waals surface area contributed by atoms with Crippen LogP contribution in [0.5, 0.6) is 0 Å². The Balaban J connectivity index is 1.84. The van der Waals surface area contributed by atoms with Crippen LogP contribution in [0.1, 0.15) is 0 Å². The molecule has 0 bridgehead atoms. The molecule has 0 aliphatic rings. The highest BCUT2D eigenvalue weighted by Gasteiger charge is 2.10. The first-order valence-corrected chi connectivity index (χ1v) is 7.69. The van der Waals surface area contributed by atoms with E-state index in [0.29, 0.717) is 22.6 Å². The van der Waals surface area contributed by atoms with Crippen molar-refractivity contribution in [2.75, 3.05) is 17.3 Å². The van der Waals surface area contributed by atoms with Gasteiger partial charge in [-0.05, 0) is 36.4 Å². The Bertz CT molecular complexity index is 875. The van der Waals surface area contributed by atoms with Crippen LogP contribution in [0.15, 0.2) is 48.8 Å². The first kappa shape index (κ1) is 16.4. The van der Waals surface area contributed by atoms with Gasteiger partial charge < -0.3 is 10.2 Å². The number of hydrogen-bond donors (Lipinski definition) is 1. The van der Waals surface area contributed by atoms with Crippen LogP contribution in [0.3, 0.4) is 0 Å². The maximum absolute atomic E-state index is 13.2. The summed E-state index contributed by atoms with van der Waals surface area (Å²) in [5, 5.41) is 3.60. The molecular weight excluding hydrogens is 352 g/mol. The summed E-state index contributed by atoms with van der Waals surface area (Å²) in [6, 6.07) is 11.6. The third kappa shape index (κ3) is 3.72. The van der Waals surface area contributed by atoms with Crippen LogP contribution in [-0.2, 0) is 0 Å². The molecule has 8 heteroatoms. The molecule has 0 saturated carbocycles. The van der Waals surface area contributed by atoms with Crippen molar-refractivity contribution in [1.29, 1.82) is 0 Å². The Morgan fingerprint density at radius 3 is 2.67 bits per heavy atom. The average Bonchev–Trinajstić information content (AvgIpc) is 2.58. The lowest BCUT2D eigenvalue weighted by Gasteiger charge is -2.17. The zero-order valence-corrected chi connectivity index (χ0v) is 14.1. The molecule has 0 unspecified atom stereocenters. The summed E-state index contributed by atoms with van der Waals surface area (Å²) in [5.74, 6) is 0.263. The van der Waals surface area contributed by atoms with Crippen molar-refractivity contribution in [3.63, 3.8) is 0 Å². The molecule has 122 valence electrons. The van der Waals surface area contributed by atoms with Gasteiger partial charge in [0.15, 0.2) is 0 Å². The van der Waals surface area contributed by atoms with E-state index < -0.39 is 5.82 Å². The number of anilines is 4. The van der Waals surface area contributed by atoms with Crippen molar-refractivity contribution in [2.24, 2.45) is 0 Å². The fraction of sp³-hybridized carbons (Fsp3) is 0.0625. The summed E-state index contributed by atoms with van der Waals surface area (Å²) in [7, 11) is 1.82. The fourth-order valence-electron chi connectivity index (χ4n) is 2.01. The monoisotopic (exact) mass is 363 g/mol. The number of rotatable bonds is 4. The van der Waals surface area contributed by atoms with Gasteiger partial charge in [-0.1, -0.05) is 29.3 Å². The van der Waals surface area contributed by atoms with Crippen LogP contribution in [0, 0.1) is 5.82 Å². The number of benzene rings is 2. The molecule has 0 amide bonds. The van der Waals surface area contributed by atoms with Crippen molar-refractivity contribution in [2.45, 2.75) is 0 Å². The lowest BCUT2D eigenvalue weighted by molar-refractivity contribution is 0.628. The second-order valence-corrected chi connectivity index (χ2v) is 5.75. The third-order valence-corrected chi connectivity index (χ3v) is 3.76. The zero-order chi connectivity index (χ0) is 17.1. The van der Waals surface area contributed by atoms with E-state index in [-0.39, 0.29) is 5.02 Å². The van der Waals surface area contributed by atoms with Gasteiger partial charge in [-0.3, -0.25) is 0 Å². The van der Waals surface area contributed by atoms with E-state index in [4.69, 9.17) is 23.2 Å². The summed E-state index contributed by atoms with van der Waals surface area (Å²) in [5.41, 5.74) is 1.41. The molecule has 2 aromatic carbocycles. The molecule has 3 rings (SSSR count). The zero-order valence-electron chi connectivity index (χ0n) is 12.5. The van der Waals surface area contributed by atoms with Gasteiger partial charge in [-0.2, -0.15) is 4.98 Å². The minimum atomic E-state index is -0.487. The Kier molecular flexibility index (Phi) is 4.78. The topological polar surface area (TPSA) is 53.9 Å². The molecule has 24 heavy (non-hydrogen) atoms. The number of nitrogens with zero attached hydrogens (tertiary/aromatic N) is 4. The van der Waals surface area contributed by atoms with E-state index in [1.165, 1.54) is 18.5 Å². The second-order valence-electron chi connectivity index (χ2n) is 4.90. The Morgan fingerprint density at radius 1 is 1.08 bits per heavy atom. The van der Waals surface area contributed by atoms with Crippen LogP contribution < -0.4 is 10.2 Å². The molecule has 0 aliphatic carbocycles. The molecule has 0 fully saturated rings. The first-order chi connectivity index (χ1) is 11.5. The van der Waals surface area contributed by atoms with E-state index >= 15 is 0 Å². The molecule has 0 aliphatic heterocycles. The number of halogens is 3. The summed E-state index contributed by atoms with van der Waals surface area (Å²) in [6.45, 7) is 0. The standard InChI is InChI=1S/C16H12Cl2FN5/c1-24(12-4-2-3-10(17)7-12)16-21-9-20-15(23-16)22-11-5-6-14(19)13(18)8-11/h2-9H,1H3,(H,20,21,22,23). The highest BCUT2D eigenvalue weighted by atomic mass is 35.5. The summed E-state index contributed by atoms with van der Waals surface area (Å²) in [4.78, 5) is 14.3. The lowest BCUT2D eigenvalue weighted by Crippen LogP contribution is -2.14. The SMILES string of the molecule is CN(c1cccc(Cl)c1)c1ncnc(Nc2ccc(F)c(Cl)c2)n1. The molecule has 5 nitrogen and oxygen atoms in total. The van der Waals surface area contributed by atoms with Crippen molar-refractivity contribution < 1.29 is 4.39 Å². The molecule has 3 aromatic rings. The molecule has 1 aromatic heterocycles. The van der Waals surface area contributed by atoms with Gasteiger partial charge in [-0.15, -0.1) is 0 Å². The van der Waals surface area contributed by atoms with Crippen molar-refractivity contribution in [3.8, 4) is 0 Å². The molecule has 1 N–H and O–H groups in total. The molecule has 0 spiro atoms. The van der Waals surface area contributed by atoms with Crippen molar-refractivity contribution >= 4 is 46.5 Å². The molecule has 0 saturated heterocycles. The third-order valence-electron chi connectivity index (χ3n) is 3.23. The molecule has 1 heterocycles. The van der Waals surface area contributed by atoms with Crippen LogP contribution >= 0.6 is 23.2 Å². The summed E-state index contributed by atoms with van der Waals surface area (Å²) >= 11 is 11.8. The van der Waals surface area contributed by atoms with E-state index in [0.717, 1.165) is 5.69 Å². The van der Waals surface area contributed by atoms with Gasteiger partial charge in [0.25, 0.3) is 0 Å². The first-order valence-electron chi connectivity index (χ1n) is 6.93. The van der Waals surface area contributed by atoms with Gasteiger partial charge >= 0.3 is 0 Å². The quantitative estimate of drug-likeness (QED) is 0.719. The minimum absolute atomic E-state index is 0.0188. The van der Waals surface area contributed by atoms with Gasteiger partial charge in [0.1, 0.15) is 12.1 Å². The van der Waals surface area contributed by atoms with Crippen LogP contribution in [0.25, 0.3) is 0 Å². The van der Waals surface area contributed by atoms with E-state index in [9.17, 15) is 4.39 Å². The highest BCUT2D eigenvalue weighted by molar-refractivity contribution is 6.31. The van der Waals surface area contributed by atoms with Gasteiger partial charge in [-0.25, -0.2) is 14.4 Å². The summed E-state index contributed by atoms with van der Waals surface area (Å²) in [6.07, 6.45) is 1.39. The van der Waals surface area contributed by atoms with E-state index in [1.54, 1.807) is 23.1 Å². The van der Waals surface area contributed by atoms with Gasteiger partial charge in [0.05, 0.1) is 5.02 Å². The van der Waals surface area contributed by atoms with Gasteiger partial charge in [0.2, 0.25) is 11.9 Å². The predicted octanol–water partition coefficient (Wildman–Crippen LogP) is 4.83. The highest BCUT2D eigenvalue weighted by Crippen LogP contribution is 2.25. The van der Waals surface area contributed by atoms with E-state index in [2.05, 4.69) is 20.3 Å².